The molecule has 32 heavy (non-hydrogen) atoms. The van der Waals surface area contributed by atoms with E-state index < -0.39 is 0 Å². The predicted molar refractivity (Wildman–Crippen MR) is 129 cm³/mol. The monoisotopic (exact) mass is 428 g/mol. The highest BCUT2D eigenvalue weighted by Gasteiger charge is 2.18. The van der Waals surface area contributed by atoms with Crippen molar-refractivity contribution in [1.82, 2.24) is 20.2 Å². The average molecular weight is 429 g/mol. The maximum absolute atomic E-state index is 5.52. The zero-order chi connectivity index (χ0) is 22.1. The highest BCUT2D eigenvalue weighted by molar-refractivity contribution is 5.83. The van der Waals surface area contributed by atoms with Crippen molar-refractivity contribution in [2.75, 3.05) is 36.5 Å². The summed E-state index contributed by atoms with van der Waals surface area (Å²) >= 11 is 0. The third-order valence-corrected chi connectivity index (χ3v) is 5.77. The van der Waals surface area contributed by atoms with Gasteiger partial charge in [-0.2, -0.15) is 10.1 Å². The summed E-state index contributed by atoms with van der Waals surface area (Å²) in [5.41, 5.74) is 5.35. The first-order valence-corrected chi connectivity index (χ1v) is 11.0. The molecule has 4 aromatic rings. The Morgan fingerprint density at radius 2 is 1.75 bits per heavy atom. The molecular weight excluding hydrogens is 400 g/mol. The standard InChI is InChI=1S/C25H28N6O/c1-25(2,3)19-6-4-17(5-7-19)22-15-23(29-24(28-22)31-10-12-32-13-11-31)27-20-8-9-21-18(14-20)16-26-30-21/h4-9,14-16H,10-13H2,1-3H3,(H,26,30)(H,27,28,29). The summed E-state index contributed by atoms with van der Waals surface area (Å²) in [6.45, 7) is 9.62. The lowest BCUT2D eigenvalue weighted by atomic mass is 9.86. The molecule has 2 aromatic heterocycles. The second-order valence-electron chi connectivity index (χ2n) is 9.16. The SMILES string of the molecule is CC(C)(C)c1ccc(-c2cc(Nc3ccc4[nH]ncc4c3)nc(N3CCOCC3)n2)cc1. The summed E-state index contributed by atoms with van der Waals surface area (Å²) in [6.07, 6.45) is 1.82. The Labute approximate surface area is 187 Å². The van der Waals surface area contributed by atoms with E-state index in [1.807, 2.05) is 24.4 Å². The number of H-pyrrole nitrogens is 1. The molecule has 7 heteroatoms. The summed E-state index contributed by atoms with van der Waals surface area (Å²) in [7, 11) is 0. The van der Waals surface area contributed by atoms with Crippen LogP contribution >= 0.6 is 0 Å². The molecule has 3 heterocycles. The van der Waals surface area contributed by atoms with Gasteiger partial charge in [0.2, 0.25) is 5.95 Å². The van der Waals surface area contributed by atoms with Crippen LogP contribution in [0.1, 0.15) is 26.3 Å². The van der Waals surface area contributed by atoms with Crippen LogP contribution in [-0.2, 0) is 10.2 Å². The molecule has 0 unspecified atom stereocenters. The number of hydrogen-bond donors (Lipinski definition) is 2. The molecule has 5 rings (SSSR count). The first kappa shape index (κ1) is 20.5. The highest BCUT2D eigenvalue weighted by Crippen LogP contribution is 2.29. The Hall–Kier alpha value is -3.45. The third-order valence-electron chi connectivity index (χ3n) is 5.77. The van der Waals surface area contributed by atoms with Gasteiger partial charge in [-0.05, 0) is 29.2 Å². The summed E-state index contributed by atoms with van der Waals surface area (Å²) in [6, 6.07) is 16.8. The van der Waals surface area contributed by atoms with Crippen molar-refractivity contribution < 1.29 is 4.74 Å². The number of anilines is 3. The number of ether oxygens (including phenoxy) is 1. The number of fused-ring (bicyclic) bond motifs is 1. The van der Waals surface area contributed by atoms with Gasteiger partial charge in [-0.25, -0.2) is 4.98 Å². The molecule has 164 valence electrons. The van der Waals surface area contributed by atoms with Gasteiger partial charge >= 0.3 is 0 Å². The van der Waals surface area contributed by atoms with Crippen LogP contribution in [0.2, 0.25) is 0 Å². The second-order valence-corrected chi connectivity index (χ2v) is 9.16. The number of benzene rings is 2. The summed E-state index contributed by atoms with van der Waals surface area (Å²) in [5, 5.41) is 11.6. The Morgan fingerprint density at radius 3 is 2.50 bits per heavy atom. The number of morpholine rings is 1. The summed E-state index contributed by atoms with van der Waals surface area (Å²) < 4.78 is 5.52. The second kappa shape index (κ2) is 8.24. The van der Waals surface area contributed by atoms with Gasteiger partial charge in [-0.15, -0.1) is 0 Å². The maximum Gasteiger partial charge on any atom is 0.228 e. The number of hydrogen-bond acceptors (Lipinski definition) is 6. The lowest BCUT2D eigenvalue weighted by molar-refractivity contribution is 0.122. The molecule has 0 saturated carbocycles. The largest absolute Gasteiger partial charge is 0.378 e. The van der Waals surface area contributed by atoms with Crippen molar-refractivity contribution in [3.05, 3.63) is 60.3 Å². The first-order chi connectivity index (χ1) is 15.5. The molecule has 0 amide bonds. The number of nitrogens with one attached hydrogen (secondary N) is 2. The van der Waals surface area contributed by atoms with E-state index in [1.165, 1.54) is 5.56 Å². The van der Waals surface area contributed by atoms with Crippen LogP contribution in [0.25, 0.3) is 22.2 Å². The number of aromatic nitrogens is 4. The molecule has 0 atom stereocenters. The fraction of sp³-hybridized carbons (Fsp3) is 0.320. The fourth-order valence-corrected chi connectivity index (χ4v) is 3.86. The van der Waals surface area contributed by atoms with Crippen LogP contribution in [0, 0.1) is 0 Å². The van der Waals surface area contributed by atoms with E-state index in [2.05, 4.69) is 71.5 Å². The van der Waals surface area contributed by atoms with Gasteiger partial charge in [-0.3, -0.25) is 5.10 Å². The van der Waals surface area contributed by atoms with E-state index in [0.29, 0.717) is 13.2 Å². The minimum atomic E-state index is 0.113. The van der Waals surface area contributed by atoms with Crippen LogP contribution in [-0.4, -0.2) is 46.5 Å². The molecule has 7 nitrogen and oxygen atoms in total. The van der Waals surface area contributed by atoms with Gasteiger partial charge in [0.15, 0.2) is 0 Å². The van der Waals surface area contributed by atoms with Gasteiger partial charge in [0, 0.05) is 35.8 Å². The van der Waals surface area contributed by atoms with Crippen LogP contribution in [0.5, 0.6) is 0 Å². The van der Waals surface area contributed by atoms with Crippen LogP contribution in [0.3, 0.4) is 0 Å². The smallest absolute Gasteiger partial charge is 0.228 e. The quantitative estimate of drug-likeness (QED) is 0.481. The maximum atomic E-state index is 5.52. The zero-order valence-corrected chi connectivity index (χ0v) is 18.7. The van der Waals surface area contributed by atoms with Gasteiger partial charge in [0.05, 0.1) is 30.6 Å². The molecule has 1 aliphatic rings. The van der Waals surface area contributed by atoms with Crippen molar-refractivity contribution in [2.24, 2.45) is 0 Å². The number of nitrogens with zero attached hydrogens (tertiary/aromatic N) is 4. The van der Waals surface area contributed by atoms with E-state index in [9.17, 15) is 0 Å². The Kier molecular flexibility index (Phi) is 5.27. The van der Waals surface area contributed by atoms with E-state index in [1.54, 1.807) is 0 Å². The van der Waals surface area contributed by atoms with Crippen molar-refractivity contribution in [3.63, 3.8) is 0 Å². The fourth-order valence-electron chi connectivity index (χ4n) is 3.86. The lowest BCUT2D eigenvalue weighted by Crippen LogP contribution is -2.37. The minimum absolute atomic E-state index is 0.113. The molecule has 2 aromatic carbocycles. The van der Waals surface area contributed by atoms with Crippen LogP contribution in [0.4, 0.5) is 17.5 Å². The van der Waals surface area contributed by atoms with Crippen molar-refractivity contribution in [2.45, 2.75) is 26.2 Å². The number of aromatic amines is 1. The van der Waals surface area contributed by atoms with Gasteiger partial charge in [0.1, 0.15) is 5.82 Å². The molecule has 1 saturated heterocycles. The van der Waals surface area contributed by atoms with Crippen molar-refractivity contribution in [3.8, 4) is 11.3 Å². The van der Waals surface area contributed by atoms with Crippen LogP contribution in [0.15, 0.2) is 54.7 Å². The average Bonchev–Trinajstić information content (AvgIpc) is 3.27. The molecule has 1 fully saturated rings. The van der Waals surface area contributed by atoms with E-state index in [4.69, 9.17) is 14.7 Å². The van der Waals surface area contributed by atoms with Crippen molar-refractivity contribution >= 4 is 28.4 Å². The van der Waals surface area contributed by atoms with Gasteiger partial charge < -0.3 is 15.0 Å². The predicted octanol–water partition coefficient (Wildman–Crippen LogP) is 4.90. The van der Waals surface area contributed by atoms with E-state index in [0.717, 1.165) is 52.7 Å². The molecule has 0 aliphatic carbocycles. The van der Waals surface area contributed by atoms with Gasteiger partial charge in [0.25, 0.3) is 0 Å². The summed E-state index contributed by atoms with van der Waals surface area (Å²) in [5.74, 6) is 1.48. The van der Waals surface area contributed by atoms with Crippen LogP contribution < -0.4 is 10.2 Å². The molecule has 1 aliphatic heterocycles. The highest BCUT2D eigenvalue weighted by atomic mass is 16.5. The Balaban J connectivity index is 1.51. The van der Waals surface area contributed by atoms with E-state index >= 15 is 0 Å². The van der Waals surface area contributed by atoms with E-state index in [-0.39, 0.29) is 5.41 Å². The first-order valence-electron chi connectivity index (χ1n) is 11.0. The number of rotatable bonds is 4. The topological polar surface area (TPSA) is 79.0 Å². The molecule has 0 bridgehead atoms. The van der Waals surface area contributed by atoms with Crippen molar-refractivity contribution in [1.29, 1.82) is 0 Å². The molecule has 2 N–H and O–H groups in total. The Bertz CT molecular complexity index is 1220. The third kappa shape index (κ3) is 4.29. The zero-order valence-electron chi connectivity index (χ0n) is 18.7. The molecule has 0 radical (unpaired) electrons. The molecule has 0 spiro atoms. The Morgan fingerprint density at radius 1 is 0.969 bits per heavy atom. The minimum Gasteiger partial charge on any atom is -0.378 e. The summed E-state index contributed by atoms with van der Waals surface area (Å²) in [4.78, 5) is 11.9. The molecular formula is C25H28N6O. The lowest BCUT2D eigenvalue weighted by Gasteiger charge is -2.27. The van der Waals surface area contributed by atoms with Gasteiger partial charge in [-0.1, -0.05) is 45.0 Å². The normalized spacial score (nSPS) is 14.7.